The lowest BCUT2D eigenvalue weighted by molar-refractivity contribution is -0.137. The zero-order valence-corrected chi connectivity index (χ0v) is 15.8. The van der Waals surface area contributed by atoms with Gasteiger partial charge >= 0.3 is 12.4 Å². The number of benzene rings is 1. The molecule has 0 aliphatic rings. The molecule has 0 aromatic heterocycles. The van der Waals surface area contributed by atoms with E-state index >= 15 is 0 Å². The van der Waals surface area contributed by atoms with Crippen LogP contribution in [0.1, 0.15) is 38.8 Å². The first-order chi connectivity index (χ1) is 12.7. The van der Waals surface area contributed by atoms with E-state index in [0.717, 1.165) is 12.1 Å². The third-order valence-corrected chi connectivity index (χ3v) is 4.18. The van der Waals surface area contributed by atoms with Crippen molar-refractivity contribution in [3.8, 4) is 6.07 Å². The third-order valence-electron chi connectivity index (χ3n) is 4.18. The lowest BCUT2D eigenvalue weighted by Crippen LogP contribution is -2.52. The maximum absolute atomic E-state index is 13.2. The zero-order chi connectivity index (χ0) is 21.9. The summed E-state index contributed by atoms with van der Waals surface area (Å²) in [5.74, 6) is -0.639. The summed E-state index contributed by atoms with van der Waals surface area (Å²) in [4.78, 5) is 14.6. The van der Waals surface area contributed by atoms with E-state index in [1.165, 1.54) is 17.9 Å². The van der Waals surface area contributed by atoms with E-state index in [1.807, 2.05) is 0 Å². The standard InChI is InChI=1S/C18H21F6N3O/c1-5-26(11(2)3)16(28)12(4)27(10-17(19,20)21)14-7-6-13(9-25)15(8-14)18(22,23)24/h6-8,11-12H,5,10H2,1-4H3. The molecule has 0 spiro atoms. The molecule has 1 amide bonds. The van der Waals surface area contributed by atoms with Crippen molar-refractivity contribution in [2.45, 2.75) is 52.1 Å². The normalized spacial score (nSPS) is 13.2. The van der Waals surface area contributed by atoms with Crippen LogP contribution in [0.5, 0.6) is 0 Å². The lowest BCUT2D eigenvalue weighted by atomic mass is 10.1. The smallest absolute Gasteiger partial charge is 0.351 e. The first kappa shape index (κ1) is 23.6. The van der Waals surface area contributed by atoms with Crippen molar-refractivity contribution < 1.29 is 31.1 Å². The van der Waals surface area contributed by atoms with E-state index < -0.39 is 47.7 Å². The molecule has 0 saturated carbocycles. The quantitative estimate of drug-likeness (QED) is 0.646. The second-order valence-electron chi connectivity index (χ2n) is 6.48. The monoisotopic (exact) mass is 409 g/mol. The Hall–Kier alpha value is -2.44. The van der Waals surface area contributed by atoms with Gasteiger partial charge in [-0.05, 0) is 45.9 Å². The van der Waals surface area contributed by atoms with E-state index in [9.17, 15) is 31.1 Å². The Balaban J connectivity index is 3.47. The van der Waals surface area contributed by atoms with Crippen molar-refractivity contribution in [1.82, 2.24) is 4.90 Å². The molecule has 1 aromatic rings. The maximum Gasteiger partial charge on any atom is 0.417 e. The first-order valence-electron chi connectivity index (χ1n) is 8.48. The molecule has 1 rings (SSSR count). The highest BCUT2D eigenvalue weighted by atomic mass is 19.4. The van der Waals surface area contributed by atoms with Crippen LogP contribution >= 0.6 is 0 Å². The number of carbonyl (C=O) groups is 1. The van der Waals surface area contributed by atoms with Crippen LogP contribution in [-0.2, 0) is 11.0 Å². The molecule has 156 valence electrons. The van der Waals surface area contributed by atoms with Crippen LogP contribution in [0.2, 0.25) is 0 Å². The second kappa shape index (κ2) is 8.71. The van der Waals surface area contributed by atoms with Crippen molar-refractivity contribution in [2.75, 3.05) is 18.0 Å². The van der Waals surface area contributed by atoms with Gasteiger partial charge < -0.3 is 9.80 Å². The molecule has 1 aromatic carbocycles. The summed E-state index contributed by atoms with van der Waals surface area (Å²) in [6, 6.07) is 1.98. The van der Waals surface area contributed by atoms with Gasteiger partial charge in [0.05, 0.1) is 17.2 Å². The summed E-state index contributed by atoms with van der Waals surface area (Å²) in [5, 5.41) is 8.86. The molecule has 0 aliphatic heterocycles. The summed E-state index contributed by atoms with van der Waals surface area (Å²) < 4.78 is 78.9. The average Bonchev–Trinajstić information content (AvgIpc) is 2.57. The summed E-state index contributed by atoms with van der Waals surface area (Å²) in [6.45, 7) is 4.87. The lowest BCUT2D eigenvalue weighted by Gasteiger charge is -2.36. The van der Waals surface area contributed by atoms with Gasteiger partial charge in [0.2, 0.25) is 5.91 Å². The van der Waals surface area contributed by atoms with Crippen LogP contribution in [-0.4, -0.2) is 42.2 Å². The number of rotatable bonds is 6. The van der Waals surface area contributed by atoms with Gasteiger partial charge in [-0.15, -0.1) is 0 Å². The van der Waals surface area contributed by atoms with Crippen molar-refractivity contribution in [3.05, 3.63) is 29.3 Å². The molecule has 0 fully saturated rings. The van der Waals surface area contributed by atoms with Crippen LogP contribution in [0.3, 0.4) is 0 Å². The molecule has 1 atom stereocenters. The summed E-state index contributed by atoms with van der Waals surface area (Å²) in [5.41, 5.74) is -2.50. The number of halogens is 6. The molecule has 28 heavy (non-hydrogen) atoms. The van der Waals surface area contributed by atoms with Crippen molar-refractivity contribution in [2.24, 2.45) is 0 Å². The molecule has 0 heterocycles. The first-order valence-corrected chi connectivity index (χ1v) is 8.48. The molecule has 0 N–H and O–H groups in total. The largest absolute Gasteiger partial charge is 0.417 e. The molecule has 4 nitrogen and oxygen atoms in total. The number of hydrogen-bond donors (Lipinski definition) is 0. The van der Waals surface area contributed by atoms with Crippen molar-refractivity contribution in [1.29, 1.82) is 5.26 Å². The van der Waals surface area contributed by atoms with Gasteiger partial charge in [0, 0.05) is 18.3 Å². The fraction of sp³-hybridized carbons (Fsp3) is 0.556. The predicted molar refractivity (Wildman–Crippen MR) is 91.5 cm³/mol. The number of alkyl halides is 6. The Labute approximate surface area is 159 Å². The van der Waals surface area contributed by atoms with E-state index in [4.69, 9.17) is 5.26 Å². The average molecular weight is 409 g/mol. The molecule has 1 unspecified atom stereocenters. The Morgan fingerprint density at radius 2 is 1.71 bits per heavy atom. The number of nitriles is 1. The topological polar surface area (TPSA) is 47.3 Å². The number of hydrogen-bond acceptors (Lipinski definition) is 3. The van der Waals surface area contributed by atoms with Gasteiger partial charge in [-0.1, -0.05) is 0 Å². The Kier molecular flexibility index (Phi) is 7.34. The number of nitrogens with zero attached hydrogens (tertiary/aromatic N) is 3. The van der Waals surface area contributed by atoms with Gasteiger partial charge in [-0.2, -0.15) is 31.6 Å². The van der Waals surface area contributed by atoms with Crippen molar-refractivity contribution in [3.63, 3.8) is 0 Å². The number of anilines is 1. The van der Waals surface area contributed by atoms with Crippen LogP contribution in [0, 0.1) is 11.3 Å². The summed E-state index contributed by atoms with van der Waals surface area (Å²) >= 11 is 0. The molecule has 0 saturated heterocycles. The van der Waals surface area contributed by atoms with Gasteiger partial charge in [0.25, 0.3) is 0 Å². The van der Waals surface area contributed by atoms with Gasteiger partial charge in [0.1, 0.15) is 12.6 Å². The predicted octanol–water partition coefficient (Wildman–Crippen LogP) is 4.59. The SMILES string of the molecule is CCN(C(=O)C(C)N(CC(F)(F)F)c1ccc(C#N)c(C(F)(F)F)c1)C(C)C. The molecular formula is C18H21F6N3O. The van der Waals surface area contributed by atoms with Gasteiger partial charge in [-0.3, -0.25) is 4.79 Å². The molecule has 0 bridgehead atoms. The van der Waals surface area contributed by atoms with E-state index in [-0.39, 0.29) is 12.6 Å². The highest BCUT2D eigenvalue weighted by Crippen LogP contribution is 2.35. The minimum Gasteiger partial charge on any atom is -0.351 e. The highest BCUT2D eigenvalue weighted by Gasteiger charge is 2.39. The minimum absolute atomic E-state index is 0.238. The minimum atomic E-state index is -4.92. The second-order valence-corrected chi connectivity index (χ2v) is 6.48. The van der Waals surface area contributed by atoms with Crippen LogP contribution in [0.15, 0.2) is 18.2 Å². The van der Waals surface area contributed by atoms with Crippen LogP contribution in [0.25, 0.3) is 0 Å². The maximum atomic E-state index is 13.2. The fourth-order valence-electron chi connectivity index (χ4n) is 2.84. The van der Waals surface area contributed by atoms with E-state index in [1.54, 1.807) is 20.8 Å². The number of amides is 1. The summed E-state index contributed by atoms with van der Waals surface area (Å²) in [7, 11) is 0. The number of carbonyl (C=O) groups excluding carboxylic acids is 1. The molecule has 0 aliphatic carbocycles. The van der Waals surface area contributed by atoms with Crippen LogP contribution < -0.4 is 4.90 Å². The van der Waals surface area contributed by atoms with E-state index in [0.29, 0.717) is 11.0 Å². The van der Waals surface area contributed by atoms with Gasteiger partial charge in [0.15, 0.2) is 0 Å². The molecule has 0 radical (unpaired) electrons. The Morgan fingerprint density at radius 1 is 1.14 bits per heavy atom. The third kappa shape index (κ3) is 5.78. The highest BCUT2D eigenvalue weighted by molar-refractivity contribution is 5.85. The van der Waals surface area contributed by atoms with Crippen LogP contribution in [0.4, 0.5) is 32.0 Å². The number of likely N-dealkylation sites (N-methyl/N-ethyl adjacent to an activating group) is 1. The molecular weight excluding hydrogens is 388 g/mol. The zero-order valence-electron chi connectivity index (χ0n) is 15.8. The fourth-order valence-corrected chi connectivity index (χ4v) is 2.84. The summed E-state index contributed by atoms with van der Waals surface area (Å²) in [6.07, 6.45) is -9.68. The molecule has 10 heteroatoms. The van der Waals surface area contributed by atoms with Crippen molar-refractivity contribution >= 4 is 11.6 Å². The Morgan fingerprint density at radius 3 is 2.11 bits per heavy atom. The van der Waals surface area contributed by atoms with E-state index in [2.05, 4.69) is 0 Å². The van der Waals surface area contributed by atoms with Gasteiger partial charge in [-0.25, -0.2) is 0 Å². The Bertz CT molecular complexity index is 736.